The van der Waals surface area contributed by atoms with Crippen molar-refractivity contribution in [3.63, 3.8) is 0 Å². The van der Waals surface area contributed by atoms with Gasteiger partial charge in [-0.05, 0) is 30.0 Å². The molecule has 0 aliphatic carbocycles. The van der Waals surface area contributed by atoms with Gasteiger partial charge in [0, 0.05) is 50.2 Å². The van der Waals surface area contributed by atoms with Crippen LogP contribution in [-0.4, -0.2) is 113 Å². The number of rotatable bonds is 13. The van der Waals surface area contributed by atoms with Crippen molar-refractivity contribution in [2.24, 2.45) is 17.8 Å². The van der Waals surface area contributed by atoms with Crippen LogP contribution in [0.3, 0.4) is 0 Å². The van der Waals surface area contributed by atoms with Gasteiger partial charge in [0.15, 0.2) is 0 Å². The number of anilines is 1. The third-order valence-electron chi connectivity index (χ3n) is 10.5. The predicted octanol–water partition coefficient (Wildman–Crippen LogP) is 3.62. The Morgan fingerprint density at radius 3 is 2.34 bits per heavy atom. The molecule has 3 amide bonds. The minimum Gasteiger partial charge on any atom is -0.394 e. The van der Waals surface area contributed by atoms with E-state index in [1.165, 1.54) is 0 Å². The number of morpholine rings is 1. The van der Waals surface area contributed by atoms with Crippen molar-refractivity contribution in [1.29, 1.82) is 0 Å². The molecule has 4 saturated heterocycles. The van der Waals surface area contributed by atoms with Crippen molar-refractivity contribution in [2.75, 3.05) is 64.0 Å². The summed E-state index contributed by atoms with van der Waals surface area (Å²) in [5, 5.41) is 10.8. The summed E-state index contributed by atoms with van der Waals surface area (Å²) in [5.41, 5.74) is 1.51. The number of thioether (sulfide) groups is 1. The molecule has 0 saturated carbocycles. The number of aliphatic hydroxyl groups is 1. The molecule has 2 aromatic carbocycles. The molecule has 4 heterocycles. The summed E-state index contributed by atoms with van der Waals surface area (Å²) < 4.78 is 4.70. The highest BCUT2D eigenvalue weighted by molar-refractivity contribution is 8.02. The summed E-state index contributed by atoms with van der Waals surface area (Å²) in [4.78, 5) is 52.2. The summed E-state index contributed by atoms with van der Waals surface area (Å²) in [6.07, 6.45) is 4.16. The van der Waals surface area contributed by atoms with E-state index >= 15 is 9.59 Å². The average molecular weight is 659 g/mol. The molecule has 250 valence electrons. The Bertz CT molecular complexity index is 1450. The lowest BCUT2D eigenvalue weighted by atomic mass is 9.65. The molecule has 0 radical (unpaired) electrons. The molecule has 6 rings (SSSR count). The first-order chi connectivity index (χ1) is 22.9. The Labute approximate surface area is 282 Å². The molecular weight excluding hydrogens is 612 g/mol. The van der Waals surface area contributed by atoms with E-state index in [0.29, 0.717) is 39.4 Å². The van der Waals surface area contributed by atoms with E-state index in [4.69, 9.17) is 4.74 Å². The molecule has 2 aromatic rings. The van der Waals surface area contributed by atoms with Gasteiger partial charge < -0.3 is 24.5 Å². The lowest BCUT2D eigenvalue weighted by Crippen LogP contribution is -2.58. The molecule has 4 aliphatic heterocycles. The first-order valence-corrected chi connectivity index (χ1v) is 17.6. The lowest BCUT2D eigenvalue weighted by molar-refractivity contribution is -0.146. The number of fused-ring (bicyclic) bond motifs is 1. The lowest BCUT2D eigenvalue weighted by Gasteiger charge is -2.42. The van der Waals surface area contributed by atoms with E-state index in [2.05, 4.69) is 25.0 Å². The van der Waals surface area contributed by atoms with Gasteiger partial charge in [-0.2, -0.15) is 0 Å². The summed E-state index contributed by atoms with van der Waals surface area (Å²) in [5.74, 6) is -1.82. The second kappa shape index (κ2) is 14.4. The van der Waals surface area contributed by atoms with Crippen LogP contribution in [0.25, 0.3) is 0 Å². The molecule has 1 N–H and O–H groups in total. The third kappa shape index (κ3) is 5.94. The van der Waals surface area contributed by atoms with Crippen molar-refractivity contribution in [3.05, 3.63) is 91.5 Å². The maximum atomic E-state index is 15.1. The topological polar surface area (TPSA) is 93.6 Å². The van der Waals surface area contributed by atoms with Gasteiger partial charge in [-0.15, -0.1) is 24.9 Å². The Morgan fingerprint density at radius 1 is 1.04 bits per heavy atom. The highest BCUT2D eigenvalue weighted by Crippen LogP contribution is 2.69. The highest BCUT2D eigenvalue weighted by Gasteiger charge is 2.77. The second-order valence-corrected chi connectivity index (χ2v) is 14.6. The largest absolute Gasteiger partial charge is 0.394 e. The van der Waals surface area contributed by atoms with Crippen LogP contribution in [0.15, 0.2) is 86.0 Å². The van der Waals surface area contributed by atoms with Crippen molar-refractivity contribution < 1.29 is 24.2 Å². The number of hydrogen-bond acceptors (Lipinski definition) is 7. The Hall–Kier alpha value is -3.44. The standard InChI is InChI=1S/C37H46N4O5S/c1-4-16-39(19-18-38-20-22-46-23-21-38)36(45)33-37-26(3)24-30(47-37)31(34(43)40(17-5-2)28-14-10-7-11-15-28)32(37)35(44)41(33)29(25-42)27-12-8-6-9-13-27/h4-15,26,29-33,42H,1-2,16-25H2,3H3/t26?,29-,30+,31-,32+,33?,37?/m1/s1. The van der Waals surface area contributed by atoms with Crippen LogP contribution in [0.5, 0.6) is 0 Å². The number of aliphatic hydroxyl groups excluding tert-OH is 1. The van der Waals surface area contributed by atoms with E-state index in [0.717, 1.165) is 30.8 Å². The molecule has 0 aromatic heterocycles. The van der Waals surface area contributed by atoms with E-state index in [9.17, 15) is 9.90 Å². The Morgan fingerprint density at radius 2 is 1.70 bits per heavy atom. The summed E-state index contributed by atoms with van der Waals surface area (Å²) >= 11 is 1.66. The van der Waals surface area contributed by atoms with E-state index in [1.807, 2.05) is 65.6 Å². The number of likely N-dealkylation sites (tertiary alicyclic amines) is 1. The molecule has 7 atom stereocenters. The first kappa shape index (κ1) is 33.5. The maximum Gasteiger partial charge on any atom is 0.247 e. The molecule has 3 unspecified atom stereocenters. The van der Waals surface area contributed by atoms with Crippen molar-refractivity contribution in [1.82, 2.24) is 14.7 Å². The zero-order chi connectivity index (χ0) is 33.1. The fraction of sp³-hybridized carbons (Fsp3) is 0.486. The van der Waals surface area contributed by atoms with Crippen LogP contribution in [0.1, 0.15) is 24.9 Å². The van der Waals surface area contributed by atoms with Gasteiger partial charge in [0.1, 0.15) is 6.04 Å². The van der Waals surface area contributed by atoms with E-state index in [-0.39, 0.29) is 35.5 Å². The van der Waals surface area contributed by atoms with Crippen LogP contribution < -0.4 is 4.90 Å². The van der Waals surface area contributed by atoms with Crippen molar-refractivity contribution in [2.45, 2.75) is 35.4 Å². The molecule has 9 nitrogen and oxygen atoms in total. The summed E-state index contributed by atoms with van der Waals surface area (Å²) in [6.45, 7) is 14.4. The zero-order valence-corrected chi connectivity index (χ0v) is 28.0. The van der Waals surface area contributed by atoms with Gasteiger partial charge in [-0.25, -0.2) is 0 Å². The fourth-order valence-electron chi connectivity index (χ4n) is 8.33. The number of nitrogens with zero attached hydrogens (tertiary/aromatic N) is 4. The third-order valence-corrected chi connectivity index (χ3v) is 12.6. The quantitative estimate of drug-likeness (QED) is 0.329. The van der Waals surface area contributed by atoms with Gasteiger partial charge in [-0.1, -0.05) is 67.6 Å². The fourth-order valence-corrected chi connectivity index (χ4v) is 10.7. The van der Waals surface area contributed by atoms with Gasteiger partial charge in [0.05, 0.1) is 42.4 Å². The molecule has 1 spiro atoms. The van der Waals surface area contributed by atoms with Crippen LogP contribution >= 0.6 is 11.8 Å². The number of carbonyl (C=O) groups is 3. The minimum absolute atomic E-state index is 0.000954. The number of benzene rings is 2. The van der Waals surface area contributed by atoms with Gasteiger partial charge in [0.25, 0.3) is 0 Å². The summed E-state index contributed by atoms with van der Waals surface area (Å²) in [6, 6.07) is 17.3. The number of ether oxygens (including phenoxy) is 1. The first-order valence-electron chi connectivity index (χ1n) is 16.7. The van der Waals surface area contributed by atoms with Crippen LogP contribution in [0.2, 0.25) is 0 Å². The second-order valence-electron chi connectivity index (χ2n) is 13.0. The van der Waals surface area contributed by atoms with Crippen LogP contribution in [0, 0.1) is 17.8 Å². The Kier molecular flexibility index (Phi) is 10.2. The molecule has 2 bridgehead atoms. The van der Waals surface area contributed by atoms with Crippen LogP contribution in [-0.2, 0) is 19.1 Å². The average Bonchev–Trinajstić information content (AvgIpc) is 3.70. The van der Waals surface area contributed by atoms with Crippen molar-refractivity contribution in [3.8, 4) is 0 Å². The number of amides is 3. The Balaban J connectivity index is 1.42. The number of hydrogen-bond donors (Lipinski definition) is 1. The SMILES string of the molecule is C=CCN(CCN1CCOCC1)C(=O)C1N([C@H](CO)c2ccccc2)C(=O)[C@@H]2[C@H](C(=O)N(CC=C)c3ccccc3)[C@@H]3CC(C)C12S3. The van der Waals surface area contributed by atoms with Gasteiger partial charge in [-0.3, -0.25) is 19.3 Å². The molecule has 10 heteroatoms. The minimum atomic E-state index is -0.852. The maximum absolute atomic E-state index is 15.1. The summed E-state index contributed by atoms with van der Waals surface area (Å²) in [7, 11) is 0. The highest BCUT2D eigenvalue weighted by atomic mass is 32.2. The van der Waals surface area contributed by atoms with Gasteiger partial charge in [0.2, 0.25) is 17.7 Å². The molecule has 4 aliphatic rings. The number of carbonyl (C=O) groups excluding carboxylic acids is 3. The monoisotopic (exact) mass is 658 g/mol. The van der Waals surface area contributed by atoms with Crippen LogP contribution in [0.4, 0.5) is 5.69 Å². The predicted molar refractivity (Wildman–Crippen MR) is 185 cm³/mol. The van der Waals surface area contributed by atoms with E-state index in [1.54, 1.807) is 33.7 Å². The van der Waals surface area contributed by atoms with Crippen molar-refractivity contribution >= 4 is 35.2 Å². The smallest absolute Gasteiger partial charge is 0.247 e. The molecule has 47 heavy (non-hydrogen) atoms. The number of para-hydroxylation sites is 1. The van der Waals surface area contributed by atoms with E-state index < -0.39 is 28.7 Å². The molecule has 4 fully saturated rings. The zero-order valence-electron chi connectivity index (χ0n) is 27.2. The molecular formula is C37H46N4O5S. The van der Waals surface area contributed by atoms with Gasteiger partial charge >= 0.3 is 0 Å². The normalized spacial score (nSPS) is 28.9.